The van der Waals surface area contributed by atoms with Gasteiger partial charge in [-0.15, -0.1) is 0 Å². The van der Waals surface area contributed by atoms with Gasteiger partial charge in [0.1, 0.15) is 12.5 Å². The number of benzene rings is 1. The van der Waals surface area contributed by atoms with Crippen molar-refractivity contribution in [2.75, 3.05) is 26.3 Å². The van der Waals surface area contributed by atoms with Crippen molar-refractivity contribution in [2.24, 2.45) is 11.8 Å². The summed E-state index contributed by atoms with van der Waals surface area (Å²) in [5.74, 6) is -6.70. The van der Waals surface area contributed by atoms with Crippen molar-refractivity contribution in [1.82, 2.24) is 15.1 Å². The number of hydrogen-bond acceptors (Lipinski definition) is 11. The van der Waals surface area contributed by atoms with Gasteiger partial charge in [-0.25, -0.2) is 9.59 Å². The molecule has 4 heterocycles. The van der Waals surface area contributed by atoms with Gasteiger partial charge in [-0.3, -0.25) is 19.3 Å². The number of morpholine rings is 1. The first-order valence-electron chi connectivity index (χ1n) is 18.0. The Morgan fingerprint density at radius 1 is 1.17 bits per heavy atom. The van der Waals surface area contributed by atoms with Gasteiger partial charge in [-0.05, 0) is 70.8 Å². The average molecular weight is 725 g/mol. The molecule has 5 rings (SSSR count). The molecule has 0 aromatic heterocycles. The fourth-order valence-electron chi connectivity index (χ4n) is 8.52. The van der Waals surface area contributed by atoms with Gasteiger partial charge in [0.25, 0.3) is 5.97 Å². The maximum absolute atomic E-state index is 14.2. The van der Waals surface area contributed by atoms with Crippen LogP contribution in [-0.4, -0.2) is 118 Å². The molecule has 15 nitrogen and oxygen atoms in total. The van der Waals surface area contributed by atoms with Gasteiger partial charge in [0.2, 0.25) is 5.91 Å². The van der Waals surface area contributed by atoms with Crippen molar-refractivity contribution in [3.8, 4) is 6.07 Å². The number of carboxylic acids is 2. The zero-order chi connectivity index (χ0) is 37.8. The molecule has 4 saturated heterocycles. The fraction of sp³-hybridized carbons (Fsp3) is 0.667. The highest BCUT2D eigenvalue weighted by atomic mass is 16.7. The van der Waals surface area contributed by atoms with E-state index in [1.165, 1.54) is 0 Å². The second-order valence-electron chi connectivity index (χ2n) is 15.4. The number of alkyl carbamates (subject to hydrolysis) is 1. The van der Waals surface area contributed by atoms with Crippen LogP contribution < -0.4 is 5.32 Å². The van der Waals surface area contributed by atoms with Crippen molar-refractivity contribution in [3.63, 3.8) is 0 Å². The van der Waals surface area contributed by atoms with E-state index in [1.807, 2.05) is 13.8 Å². The van der Waals surface area contributed by atoms with E-state index in [1.54, 1.807) is 35.2 Å². The normalized spacial score (nSPS) is 27.9. The number of nitriles is 1. The van der Waals surface area contributed by atoms with Gasteiger partial charge < -0.3 is 39.2 Å². The summed E-state index contributed by atoms with van der Waals surface area (Å²) in [5, 5.41) is 32.3. The summed E-state index contributed by atoms with van der Waals surface area (Å²) >= 11 is 0. The van der Waals surface area contributed by atoms with Crippen LogP contribution in [-0.2, 0) is 44.4 Å². The highest BCUT2D eigenvalue weighted by molar-refractivity contribution is 6.50. The molecule has 0 spiro atoms. The summed E-state index contributed by atoms with van der Waals surface area (Å²) in [6.45, 7) is 10.3. The highest BCUT2D eigenvalue weighted by Crippen LogP contribution is 2.48. The van der Waals surface area contributed by atoms with Crippen LogP contribution in [0.5, 0.6) is 0 Å². The van der Waals surface area contributed by atoms with Crippen LogP contribution in [0.1, 0.15) is 78.2 Å². The van der Waals surface area contributed by atoms with Gasteiger partial charge in [-0.2, -0.15) is 5.26 Å². The number of carbonyl (C=O) groups is 5. The lowest BCUT2D eigenvalue weighted by atomic mass is 9.71. The molecule has 0 aliphatic carbocycles. The van der Waals surface area contributed by atoms with Crippen molar-refractivity contribution >= 4 is 37.0 Å². The zero-order valence-corrected chi connectivity index (χ0v) is 30.2. The number of hydrogen-bond donors (Lipinski definition) is 3. The van der Waals surface area contributed by atoms with Gasteiger partial charge in [0, 0.05) is 24.7 Å². The zero-order valence-electron chi connectivity index (χ0n) is 30.2. The minimum Gasteiger partial charge on any atom is -0.508 e. The first-order chi connectivity index (χ1) is 24.6. The molecule has 2 amide bonds. The smallest absolute Gasteiger partial charge is 0.508 e. The van der Waals surface area contributed by atoms with Crippen LogP contribution in [0.3, 0.4) is 0 Å². The molecule has 0 radical (unpaired) electrons. The molecule has 4 aliphatic rings. The molecule has 4 fully saturated rings. The monoisotopic (exact) mass is 724 g/mol. The summed E-state index contributed by atoms with van der Waals surface area (Å²) in [5.41, 5.74) is -2.78. The van der Waals surface area contributed by atoms with Gasteiger partial charge in [-0.1, -0.05) is 37.3 Å². The van der Waals surface area contributed by atoms with Crippen molar-refractivity contribution < 1.29 is 53.0 Å². The number of carbonyl (C=O) groups excluding carboxylic acids is 3. The topological polar surface area (TPSA) is 205 Å². The van der Waals surface area contributed by atoms with Crippen LogP contribution in [0.4, 0.5) is 4.79 Å². The van der Waals surface area contributed by atoms with E-state index < -0.39 is 67.0 Å². The Morgan fingerprint density at radius 3 is 2.48 bits per heavy atom. The molecule has 282 valence electrons. The van der Waals surface area contributed by atoms with Crippen molar-refractivity contribution in [2.45, 2.75) is 114 Å². The molecule has 52 heavy (non-hydrogen) atoms. The molecular weight excluding hydrogens is 675 g/mol. The standard InChI is InChI=1S/C36H49BN4O11/c1-23(17-34(3,4)40-14-15-49-24(2)21-40)27(20-38)31(45)41-26-10-12-35(41,13-11-26)22-50-33(48)39-28(16-25-8-6-5-7-9-25)37-51-30(44)19-36(52-37,32(46)47)18-29(42)43/h5-9,23-24,26-28H,10-19,21-22H2,1-4H3,(H,39,48)(H,42,43)(H,46,47)/t23?,24-,26?,27?,28-,35?,36?/m0/s1. The lowest BCUT2D eigenvalue weighted by molar-refractivity contribution is -0.175. The molecule has 1 aromatic carbocycles. The van der Waals surface area contributed by atoms with Crippen molar-refractivity contribution in [3.05, 3.63) is 35.9 Å². The molecule has 3 unspecified atom stereocenters. The summed E-state index contributed by atoms with van der Waals surface area (Å²) in [6.07, 6.45) is 0.603. The molecule has 0 saturated carbocycles. The lowest BCUT2D eigenvalue weighted by Crippen LogP contribution is -2.61. The van der Waals surface area contributed by atoms with E-state index in [4.69, 9.17) is 18.8 Å². The first-order valence-corrected chi connectivity index (χ1v) is 18.0. The number of fused-ring (bicyclic) bond motifs is 2. The first kappa shape index (κ1) is 39.0. The van der Waals surface area contributed by atoms with Crippen molar-refractivity contribution in [1.29, 1.82) is 5.26 Å². The quantitative estimate of drug-likeness (QED) is 0.237. The number of nitrogens with zero attached hydrogens (tertiary/aromatic N) is 3. The summed E-state index contributed by atoms with van der Waals surface area (Å²) in [7, 11) is -1.65. The third-order valence-electron chi connectivity index (χ3n) is 11.1. The maximum Gasteiger partial charge on any atom is 0.552 e. The van der Waals surface area contributed by atoms with Crippen LogP contribution in [0.15, 0.2) is 30.3 Å². The number of amides is 2. The van der Waals surface area contributed by atoms with Crippen LogP contribution in [0, 0.1) is 23.2 Å². The molecule has 1 aromatic rings. The Hall–Kier alpha value is -4.20. The molecule has 2 bridgehead atoms. The van der Waals surface area contributed by atoms with E-state index >= 15 is 0 Å². The fourth-order valence-corrected chi connectivity index (χ4v) is 8.52. The molecular formula is C36H49BN4O11. The average Bonchev–Trinajstić information content (AvgIpc) is 3.63. The molecule has 4 aliphatic heterocycles. The predicted molar refractivity (Wildman–Crippen MR) is 184 cm³/mol. The Balaban J connectivity index is 1.28. The van der Waals surface area contributed by atoms with Gasteiger partial charge in [0.15, 0.2) is 5.60 Å². The Kier molecular flexibility index (Phi) is 11.9. The summed E-state index contributed by atoms with van der Waals surface area (Å²) in [4.78, 5) is 68.2. The number of aliphatic carboxylic acids is 2. The lowest BCUT2D eigenvalue weighted by Gasteiger charge is -2.45. The minimum atomic E-state index is -2.40. The highest BCUT2D eigenvalue weighted by Gasteiger charge is 2.57. The summed E-state index contributed by atoms with van der Waals surface area (Å²) < 4.78 is 22.5. The van der Waals surface area contributed by atoms with E-state index in [0.717, 1.165) is 13.1 Å². The second kappa shape index (κ2) is 15.8. The SMILES string of the molecule is CC(CC(C)(C)N1CCO[C@@H](C)C1)C(C#N)C(=O)N1C2CCC1(COC(=O)N[C@@H](Cc1ccccc1)B1OC(=O)CC(CC(=O)O)(C(=O)O)O1)CC2. The number of rotatable bonds is 14. The third-order valence-corrected chi connectivity index (χ3v) is 11.1. The Labute approximate surface area is 304 Å². The summed E-state index contributed by atoms with van der Waals surface area (Å²) in [6, 6.07) is 11.0. The van der Waals surface area contributed by atoms with Crippen LogP contribution >= 0.6 is 0 Å². The third kappa shape index (κ3) is 8.53. The number of carboxylic acid groups (broad SMARTS) is 2. The second-order valence-corrected chi connectivity index (χ2v) is 15.4. The van der Waals surface area contributed by atoms with E-state index in [0.29, 0.717) is 44.3 Å². The Morgan fingerprint density at radius 2 is 1.87 bits per heavy atom. The van der Waals surface area contributed by atoms with Gasteiger partial charge in [0.05, 0.1) is 43.1 Å². The van der Waals surface area contributed by atoms with Crippen LogP contribution in [0.25, 0.3) is 0 Å². The molecule has 16 heteroatoms. The minimum absolute atomic E-state index is 0.0237. The van der Waals surface area contributed by atoms with E-state index in [9.17, 15) is 39.4 Å². The molecule has 3 N–H and O–H groups in total. The Bertz CT molecular complexity index is 1540. The number of ether oxygens (including phenoxy) is 2. The molecule has 5 atom stereocenters. The maximum atomic E-state index is 14.2. The van der Waals surface area contributed by atoms with Crippen LogP contribution in [0.2, 0.25) is 0 Å². The largest absolute Gasteiger partial charge is 0.552 e. The number of nitrogens with one attached hydrogen (secondary N) is 1. The van der Waals surface area contributed by atoms with Gasteiger partial charge >= 0.3 is 25.2 Å². The van der Waals surface area contributed by atoms with E-state index in [2.05, 4.69) is 30.1 Å². The van der Waals surface area contributed by atoms with E-state index in [-0.39, 0.29) is 42.5 Å². The predicted octanol–water partition coefficient (Wildman–Crippen LogP) is 2.80.